The average Bonchev–Trinajstić information content (AvgIpc) is 2.66. The van der Waals surface area contributed by atoms with E-state index in [0.29, 0.717) is 6.61 Å². The third-order valence-corrected chi connectivity index (χ3v) is 4.29. The number of benzene rings is 2. The summed E-state index contributed by atoms with van der Waals surface area (Å²) in [6.45, 7) is 8.17. The predicted octanol–water partition coefficient (Wildman–Crippen LogP) is 2.26. The van der Waals surface area contributed by atoms with Gasteiger partial charge in [-0.15, -0.1) is 0 Å². The van der Waals surface area contributed by atoms with E-state index in [2.05, 4.69) is 45.9 Å². The lowest BCUT2D eigenvalue weighted by Gasteiger charge is -2.27. The van der Waals surface area contributed by atoms with Crippen molar-refractivity contribution in [3.8, 4) is 5.75 Å². The molecule has 0 saturated carbocycles. The van der Waals surface area contributed by atoms with E-state index in [1.807, 2.05) is 24.3 Å². The van der Waals surface area contributed by atoms with Crippen LogP contribution in [0.25, 0.3) is 0 Å². The summed E-state index contributed by atoms with van der Waals surface area (Å²) in [6, 6.07) is 18.6. The van der Waals surface area contributed by atoms with Crippen molar-refractivity contribution in [2.75, 3.05) is 39.3 Å². The molecule has 24 heavy (non-hydrogen) atoms. The van der Waals surface area contributed by atoms with Crippen molar-refractivity contribution >= 4 is 0 Å². The maximum absolute atomic E-state index is 5.89. The standard InChI is InChI=1S/C20H27N3O/c1-2-5-18(6-3-1)17-24-20-8-4-7-19(15-20)16-22-11-14-23-12-9-21-10-13-23/h1-8,15,21-22H,9-14,16-17H2. The largest absolute Gasteiger partial charge is 0.489 e. The van der Waals surface area contributed by atoms with Crippen LogP contribution in [0, 0.1) is 0 Å². The van der Waals surface area contributed by atoms with Gasteiger partial charge in [0.15, 0.2) is 0 Å². The van der Waals surface area contributed by atoms with Crippen LogP contribution < -0.4 is 15.4 Å². The Morgan fingerprint density at radius 2 is 1.75 bits per heavy atom. The molecule has 0 radical (unpaired) electrons. The van der Waals surface area contributed by atoms with E-state index in [1.165, 1.54) is 11.1 Å². The fourth-order valence-corrected chi connectivity index (χ4v) is 2.89. The molecule has 1 heterocycles. The van der Waals surface area contributed by atoms with Crippen LogP contribution >= 0.6 is 0 Å². The van der Waals surface area contributed by atoms with E-state index in [-0.39, 0.29) is 0 Å². The third-order valence-electron chi connectivity index (χ3n) is 4.29. The first-order valence-corrected chi connectivity index (χ1v) is 8.79. The van der Waals surface area contributed by atoms with Gasteiger partial charge < -0.3 is 15.4 Å². The molecule has 3 rings (SSSR count). The Balaban J connectivity index is 1.39. The molecule has 1 fully saturated rings. The van der Waals surface area contributed by atoms with Gasteiger partial charge >= 0.3 is 0 Å². The molecule has 2 aromatic rings. The minimum atomic E-state index is 0.612. The zero-order valence-electron chi connectivity index (χ0n) is 14.2. The van der Waals surface area contributed by atoms with Crippen molar-refractivity contribution in [2.45, 2.75) is 13.2 Å². The van der Waals surface area contributed by atoms with Crippen molar-refractivity contribution in [1.29, 1.82) is 0 Å². The van der Waals surface area contributed by atoms with Gasteiger partial charge in [0.2, 0.25) is 0 Å². The van der Waals surface area contributed by atoms with Gasteiger partial charge in [0.1, 0.15) is 12.4 Å². The molecule has 2 aromatic carbocycles. The zero-order valence-corrected chi connectivity index (χ0v) is 14.2. The summed E-state index contributed by atoms with van der Waals surface area (Å²) in [6.07, 6.45) is 0. The zero-order chi connectivity index (χ0) is 16.5. The van der Waals surface area contributed by atoms with Crippen LogP contribution in [0.5, 0.6) is 5.75 Å². The first kappa shape index (κ1) is 17.0. The lowest BCUT2D eigenvalue weighted by Crippen LogP contribution is -2.45. The van der Waals surface area contributed by atoms with E-state index in [1.54, 1.807) is 0 Å². The highest BCUT2D eigenvalue weighted by atomic mass is 16.5. The van der Waals surface area contributed by atoms with E-state index >= 15 is 0 Å². The van der Waals surface area contributed by atoms with Crippen LogP contribution in [-0.2, 0) is 13.2 Å². The summed E-state index contributed by atoms with van der Waals surface area (Å²) in [5, 5.41) is 6.92. The lowest BCUT2D eigenvalue weighted by atomic mass is 10.2. The van der Waals surface area contributed by atoms with Gasteiger partial charge in [-0.1, -0.05) is 42.5 Å². The first-order chi connectivity index (χ1) is 11.9. The van der Waals surface area contributed by atoms with Gasteiger partial charge in [0.25, 0.3) is 0 Å². The van der Waals surface area contributed by atoms with E-state index < -0.39 is 0 Å². The first-order valence-electron chi connectivity index (χ1n) is 8.79. The second-order valence-electron chi connectivity index (χ2n) is 6.19. The lowest BCUT2D eigenvalue weighted by molar-refractivity contribution is 0.241. The summed E-state index contributed by atoms with van der Waals surface area (Å²) in [7, 11) is 0. The molecule has 128 valence electrons. The van der Waals surface area contributed by atoms with Crippen LogP contribution in [0.1, 0.15) is 11.1 Å². The number of hydrogen-bond acceptors (Lipinski definition) is 4. The molecule has 0 aliphatic carbocycles. The molecule has 0 amide bonds. The smallest absolute Gasteiger partial charge is 0.120 e. The van der Waals surface area contributed by atoms with E-state index in [9.17, 15) is 0 Å². The average molecular weight is 325 g/mol. The van der Waals surface area contributed by atoms with Gasteiger partial charge in [0, 0.05) is 45.8 Å². The van der Waals surface area contributed by atoms with Crippen LogP contribution in [0.4, 0.5) is 0 Å². The Hall–Kier alpha value is -1.88. The molecule has 4 nitrogen and oxygen atoms in total. The molecule has 4 heteroatoms. The minimum Gasteiger partial charge on any atom is -0.489 e. The topological polar surface area (TPSA) is 36.5 Å². The molecule has 2 N–H and O–H groups in total. The van der Waals surface area contributed by atoms with E-state index in [0.717, 1.165) is 51.6 Å². The second kappa shape index (κ2) is 9.42. The van der Waals surface area contributed by atoms with Crippen LogP contribution in [0.3, 0.4) is 0 Å². The normalized spacial score (nSPS) is 15.3. The van der Waals surface area contributed by atoms with Gasteiger partial charge in [-0.05, 0) is 23.3 Å². The maximum atomic E-state index is 5.89. The summed E-state index contributed by atoms with van der Waals surface area (Å²) in [5.74, 6) is 0.931. The quantitative estimate of drug-likeness (QED) is 0.730. The maximum Gasteiger partial charge on any atom is 0.120 e. The second-order valence-corrected chi connectivity index (χ2v) is 6.19. The fourth-order valence-electron chi connectivity index (χ4n) is 2.89. The number of piperazine rings is 1. The number of rotatable bonds is 8. The van der Waals surface area contributed by atoms with Crippen molar-refractivity contribution in [1.82, 2.24) is 15.5 Å². The molecular formula is C20H27N3O. The third kappa shape index (κ3) is 5.64. The number of ether oxygens (including phenoxy) is 1. The Labute approximate surface area is 144 Å². The fraction of sp³-hybridized carbons (Fsp3) is 0.400. The highest BCUT2D eigenvalue weighted by Crippen LogP contribution is 2.15. The Morgan fingerprint density at radius 1 is 0.958 bits per heavy atom. The minimum absolute atomic E-state index is 0.612. The SMILES string of the molecule is c1ccc(COc2cccc(CNCCN3CCNCC3)c2)cc1. The van der Waals surface area contributed by atoms with Crippen LogP contribution in [0.2, 0.25) is 0 Å². The number of hydrogen-bond donors (Lipinski definition) is 2. The Bertz CT molecular complexity index is 597. The molecule has 0 bridgehead atoms. The van der Waals surface area contributed by atoms with Crippen molar-refractivity contribution in [3.05, 3.63) is 65.7 Å². The monoisotopic (exact) mass is 325 g/mol. The summed E-state index contributed by atoms with van der Waals surface area (Å²) in [4.78, 5) is 2.50. The molecule has 0 aromatic heterocycles. The van der Waals surface area contributed by atoms with Crippen LogP contribution in [-0.4, -0.2) is 44.2 Å². The molecule has 0 atom stereocenters. The number of nitrogens with zero attached hydrogens (tertiary/aromatic N) is 1. The van der Waals surface area contributed by atoms with Gasteiger partial charge in [-0.25, -0.2) is 0 Å². The molecule has 0 spiro atoms. The van der Waals surface area contributed by atoms with Crippen molar-refractivity contribution in [3.63, 3.8) is 0 Å². The molecule has 1 aliphatic heterocycles. The summed E-state index contributed by atoms with van der Waals surface area (Å²) < 4.78 is 5.89. The highest BCUT2D eigenvalue weighted by molar-refractivity contribution is 5.29. The molecule has 1 saturated heterocycles. The van der Waals surface area contributed by atoms with Crippen LogP contribution in [0.15, 0.2) is 54.6 Å². The molecule has 0 unspecified atom stereocenters. The van der Waals surface area contributed by atoms with Gasteiger partial charge in [0.05, 0.1) is 0 Å². The van der Waals surface area contributed by atoms with Gasteiger partial charge in [-0.3, -0.25) is 4.90 Å². The van der Waals surface area contributed by atoms with Crippen molar-refractivity contribution in [2.24, 2.45) is 0 Å². The predicted molar refractivity (Wildman–Crippen MR) is 98.2 cm³/mol. The van der Waals surface area contributed by atoms with E-state index in [4.69, 9.17) is 4.74 Å². The highest BCUT2D eigenvalue weighted by Gasteiger charge is 2.08. The van der Waals surface area contributed by atoms with Gasteiger partial charge in [-0.2, -0.15) is 0 Å². The number of nitrogens with one attached hydrogen (secondary N) is 2. The van der Waals surface area contributed by atoms with Crippen molar-refractivity contribution < 1.29 is 4.74 Å². The Morgan fingerprint density at radius 3 is 2.58 bits per heavy atom. The molecular weight excluding hydrogens is 298 g/mol. The molecule has 1 aliphatic rings. The summed E-state index contributed by atoms with van der Waals surface area (Å²) in [5.41, 5.74) is 2.46. The summed E-state index contributed by atoms with van der Waals surface area (Å²) >= 11 is 0. The Kier molecular flexibility index (Phi) is 6.66.